The summed E-state index contributed by atoms with van der Waals surface area (Å²) in [7, 11) is 1.70. The number of halogens is 1. The van der Waals surface area contributed by atoms with E-state index in [2.05, 4.69) is 10.3 Å². The van der Waals surface area contributed by atoms with Crippen LogP contribution >= 0.6 is 11.6 Å². The van der Waals surface area contributed by atoms with Crippen LogP contribution in [0.1, 0.15) is 10.5 Å². The average molecular weight is 345 g/mol. The number of hydrogen-bond donors (Lipinski definition) is 1. The van der Waals surface area contributed by atoms with Crippen LogP contribution in [0.15, 0.2) is 47.7 Å². The molecule has 8 heteroatoms. The molecule has 3 aromatic rings. The molecule has 0 bridgehead atoms. The van der Waals surface area contributed by atoms with E-state index in [1.165, 1.54) is 12.4 Å². The van der Waals surface area contributed by atoms with E-state index in [4.69, 9.17) is 11.6 Å². The minimum absolute atomic E-state index is 0.312. The number of fused-ring (bicyclic) bond motifs is 1. The third-order valence-corrected chi connectivity index (χ3v) is 3.76. The molecule has 0 spiro atoms. The molecule has 0 saturated carbocycles. The fourth-order valence-electron chi connectivity index (χ4n) is 2.33. The summed E-state index contributed by atoms with van der Waals surface area (Å²) in [5.74, 6) is -1.14. The molecule has 0 atom stereocenters. The molecule has 122 valence electrons. The van der Waals surface area contributed by atoms with Gasteiger partial charge in [-0.25, -0.2) is 4.98 Å². The second-order valence-corrected chi connectivity index (χ2v) is 5.66. The maximum absolute atomic E-state index is 12.4. The Bertz CT molecular complexity index is 1010. The predicted molar refractivity (Wildman–Crippen MR) is 88.9 cm³/mol. The molecule has 0 aliphatic carbocycles. The van der Waals surface area contributed by atoms with Crippen LogP contribution in [0.4, 0.5) is 0 Å². The summed E-state index contributed by atoms with van der Waals surface area (Å²) < 4.78 is 2.72. The molecule has 1 N–H and O–H groups in total. The smallest absolute Gasteiger partial charge is 0.274 e. The molecule has 24 heavy (non-hydrogen) atoms. The molecule has 3 rings (SSSR count). The maximum atomic E-state index is 12.4. The highest BCUT2D eigenvalue weighted by molar-refractivity contribution is 6.31. The van der Waals surface area contributed by atoms with Crippen LogP contribution in [-0.2, 0) is 18.4 Å². The van der Waals surface area contributed by atoms with Gasteiger partial charge in [-0.1, -0.05) is 11.6 Å². The Kier molecular flexibility index (Phi) is 4.18. The Hall–Kier alpha value is -2.93. The van der Waals surface area contributed by atoms with Gasteiger partial charge in [-0.3, -0.25) is 24.3 Å². The first-order valence-corrected chi connectivity index (χ1v) is 7.44. The molecular weight excluding hydrogens is 332 g/mol. The first-order valence-electron chi connectivity index (χ1n) is 7.06. The monoisotopic (exact) mass is 344 g/mol. The largest absolute Gasteiger partial charge is 0.347 e. The number of nitrogens with one attached hydrogen (secondary N) is 1. The minimum Gasteiger partial charge on any atom is -0.347 e. The summed E-state index contributed by atoms with van der Waals surface area (Å²) in [5, 5.41) is 2.96. The van der Waals surface area contributed by atoms with E-state index >= 15 is 0 Å². The van der Waals surface area contributed by atoms with Crippen molar-refractivity contribution < 1.29 is 9.59 Å². The van der Waals surface area contributed by atoms with Crippen LogP contribution in [0.3, 0.4) is 0 Å². The van der Waals surface area contributed by atoms with E-state index < -0.39 is 17.4 Å². The quantitative estimate of drug-likeness (QED) is 0.777. The third kappa shape index (κ3) is 3.07. The summed E-state index contributed by atoms with van der Waals surface area (Å²) in [6.45, 7) is -0.315. The van der Waals surface area contributed by atoms with E-state index in [0.29, 0.717) is 21.6 Å². The molecule has 0 unspecified atom stereocenters. The highest BCUT2D eigenvalue weighted by Gasteiger charge is 2.14. The molecule has 2 amide bonds. The first-order chi connectivity index (χ1) is 11.5. The van der Waals surface area contributed by atoms with E-state index in [9.17, 15) is 14.4 Å². The van der Waals surface area contributed by atoms with E-state index in [-0.39, 0.29) is 6.54 Å². The van der Waals surface area contributed by atoms with Crippen molar-refractivity contribution in [3.8, 4) is 0 Å². The van der Waals surface area contributed by atoms with Gasteiger partial charge >= 0.3 is 0 Å². The van der Waals surface area contributed by atoms with Crippen LogP contribution in [0.2, 0.25) is 5.02 Å². The molecule has 1 aromatic carbocycles. The molecule has 0 radical (unpaired) electrons. The number of imide groups is 1. The van der Waals surface area contributed by atoms with Crippen LogP contribution < -0.4 is 10.9 Å². The highest BCUT2D eigenvalue weighted by Crippen LogP contribution is 2.13. The molecule has 0 aliphatic rings. The second-order valence-electron chi connectivity index (χ2n) is 5.22. The van der Waals surface area contributed by atoms with Gasteiger partial charge in [0.25, 0.3) is 11.5 Å². The van der Waals surface area contributed by atoms with Gasteiger partial charge in [0.1, 0.15) is 12.2 Å². The lowest BCUT2D eigenvalue weighted by atomic mass is 10.2. The van der Waals surface area contributed by atoms with Crippen LogP contribution in [0.25, 0.3) is 10.9 Å². The topological polar surface area (TPSA) is 86.0 Å². The SMILES string of the molecule is Cn1cccc1C(=O)NC(=O)Cn1cnc2ccc(Cl)cc2c1=O. The fraction of sp³-hybridized carbons (Fsp3) is 0.125. The third-order valence-electron chi connectivity index (χ3n) is 3.53. The van der Waals surface area contributed by atoms with Gasteiger partial charge in [-0.05, 0) is 30.3 Å². The molecule has 2 heterocycles. The summed E-state index contributed by atoms with van der Waals surface area (Å²) >= 11 is 5.89. The van der Waals surface area contributed by atoms with Crippen LogP contribution in [0.5, 0.6) is 0 Å². The number of aryl methyl sites for hydroxylation is 1. The van der Waals surface area contributed by atoms with Crippen LogP contribution in [0, 0.1) is 0 Å². The van der Waals surface area contributed by atoms with Crippen molar-refractivity contribution in [3.63, 3.8) is 0 Å². The number of nitrogens with zero attached hydrogens (tertiary/aromatic N) is 3. The summed E-state index contributed by atoms with van der Waals surface area (Å²) in [6.07, 6.45) is 2.96. The Labute approximate surface area is 141 Å². The van der Waals surface area contributed by atoms with Gasteiger partial charge < -0.3 is 4.57 Å². The van der Waals surface area contributed by atoms with Gasteiger partial charge in [0, 0.05) is 18.3 Å². The number of carbonyl (C=O) groups excluding carboxylic acids is 2. The van der Waals surface area contributed by atoms with Gasteiger partial charge in [0.05, 0.1) is 17.2 Å². The first kappa shape index (κ1) is 15.9. The zero-order chi connectivity index (χ0) is 17.3. The van der Waals surface area contributed by atoms with Gasteiger partial charge in [0.2, 0.25) is 5.91 Å². The highest BCUT2D eigenvalue weighted by atomic mass is 35.5. The lowest BCUT2D eigenvalue weighted by Gasteiger charge is -2.08. The lowest BCUT2D eigenvalue weighted by molar-refractivity contribution is -0.120. The van der Waals surface area contributed by atoms with E-state index in [1.54, 1.807) is 42.1 Å². The second kappa shape index (κ2) is 6.29. The van der Waals surface area contributed by atoms with Crippen molar-refractivity contribution in [1.82, 2.24) is 19.4 Å². The Morgan fingerprint density at radius 2 is 2.08 bits per heavy atom. The van der Waals surface area contributed by atoms with Crippen molar-refractivity contribution in [2.45, 2.75) is 6.54 Å². The normalized spacial score (nSPS) is 10.8. The lowest BCUT2D eigenvalue weighted by Crippen LogP contribution is -2.36. The summed E-state index contributed by atoms with van der Waals surface area (Å²) in [5.41, 5.74) is 0.434. The van der Waals surface area contributed by atoms with Gasteiger partial charge in [-0.15, -0.1) is 0 Å². The molecular formula is C16H13ClN4O3. The number of hydrogen-bond acceptors (Lipinski definition) is 4. The molecule has 2 aromatic heterocycles. The Morgan fingerprint density at radius 3 is 2.79 bits per heavy atom. The summed E-state index contributed by atoms with van der Waals surface area (Å²) in [4.78, 5) is 40.5. The van der Waals surface area contributed by atoms with Crippen molar-refractivity contribution in [2.75, 3.05) is 0 Å². The molecule has 7 nitrogen and oxygen atoms in total. The van der Waals surface area contributed by atoms with Crippen LogP contribution in [-0.4, -0.2) is 25.9 Å². The number of amides is 2. The van der Waals surface area contributed by atoms with E-state index in [0.717, 1.165) is 4.57 Å². The van der Waals surface area contributed by atoms with E-state index in [1.807, 2.05) is 0 Å². The predicted octanol–water partition coefficient (Wildman–Crippen LogP) is 1.34. The van der Waals surface area contributed by atoms with Crippen molar-refractivity contribution >= 4 is 34.3 Å². The van der Waals surface area contributed by atoms with Crippen molar-refractivity contribution in [3.05, 3.63) is 63.9 Å². The standard InChI is InChI=1S/C16H13ClN4O3/c1-20-6-2-3-13(20)15(23)19-14(22)8-21-9-18-12-5-4-10(17)7-11(12)16(21)24/h2-7,9H,8H2,1H3,(H,19,22,23). The number of carbonyl (C=O) groups is 2. The zero-order valence-corrected chi connectivity index (χ0v) is 13.4. The molecule has 0 fully saturated rings. The van der Waals surface area contributed by atoms with Crippen molar-refractivity contribution in [1.29, 1.82) is 0 Å². The summed E-state index contributed by atoms with van der Waals surface area (Å²) in [6, 6.07) is 8.04. The molecule has 0 saturated heterocycles. The number of rotatable bonds is 3. The zero-order valence-electron chi connectivity index (χ0n) is 12.7. The molecule has 0 aliphatic heterocycles. The minimum atomic E-state index is -0.605. The average Bonchev–Trinajstić information content (AvgIpc) is 2.97. The Morgan fingerprint density at radius 1 is 1.29 bits per heavy atom. The number of benzene rings is 1. The van der Waals surface area contributed by atoms with Gasteiger partial charge in [-0.2, -0.15) is 0 Å². The number of aromatic nitrogens is 3. The van der Waals surface area contributed by atoms with Crippen molar-refractivity contribution in [2.24, 2.45) is 7.05 Å². The Balaban J connectivity index is 1.81. The van der Waals surface area contributed by atoms with Gasteiger partial charge in [0.15, 0.2) is 0 Å². The fourth-order valence-corrected chi connectivity index (χ4v) is 2.50. The maximum Gasteiger partial charge on any atom is 0.274 e.